The van der Waals surface area contributed by atoms with Gasteiger partial charge in [0, 0.05) is 13.1 Å². The Balaban J connectivity index is 2.12. The molecular formula is C21H30N2O5. The van der Waals surface area contributed by atoms with Crippen molar-refractivity contribution >= 4 is 17.8 Å². The van der Waals surface area contributed by atoms with E-state index in [0.29, 0.717) is 31.0 Å². The molecule has 7 heteroatoms. The maximum absolute atomic E-state index is 13.2. The van der Waals surface area contributed by atoms with Crippen molar-refractivity contribution in [3.8, 4) is 5.75 Å². The highest BCUT2D eigenvalue weighted by atomic mass is 16.5. The van der Waals surface area contributed by atoms with Crippen molar-refractivity contribution in [3.05, 3.63) is 29.8 Å². The zero-order chi connectivity index (χ0) is 20.5. The number of piperazine rings is 1. The molecule has 2 amide bonds. The Kier molecular flexibility index (Phi) is 8.29. The molecule has 0 aliphatic carbocycles. The van der Waals surface area contributed by atoms with Crippen molar-refractivity contribution in [2.24, 2.45) is 0 Å². The number of nitrogens with zero attached hydrogens (tertiary/aromatic N) is 1. The number of unbranched alkanes of at least 4 members (excludes halogenated alkanes) is 2. The second-order valence-electron chi connectivity index (χ2n) is 7.10. The van der Waals surface area contributed by atoms with Crippen LogP contribution in [0.3, 0.4) is 0 Å². The second-order valence-corrected chi connectivity index (χ2v) is 7.10. The zero-order valence-corrected chi connectivity index (χ0v) is 16.9. The molecule has 28 heavy (non-hydrogen) atoms. The topological polar surface area (TPSA) is 84.9 Å². The molecule has 1 saturated heterocycles. The van der Waals surface area contributed by atoms with E-state index in [1.165, 1.54) is 4.90 Å². The monoisotopic (exact) mass is 390 g/mol. The number of para-hydroxylation sites is 1. The molecule has 0 spiro atoms. The molecule has 1 unspecified atom stereocenters. The van der Waals surface area contributed by atoms with E-state index in [-0.39, 0.29) is 24.3 Å². The quantitative estimate of drug-likeness (QED) is 0.517. The standard InChI is InChI=1S/C21H30N2O5/c1-4-5-8-13-27-19(24)14-17-20(25)22-11-12-23(17)21(26)16-9-6-7-10-18(16)28-15(2)3/h6-7,9-10,15,17H,4-5,8,11-14H2,1-3H3,(H,22,25). The van der Waals surface area contributed by atoms with Gasteiger partial charge < -0.3 is 19.7 Å². The molecule has 1 aromatic carbocycles. The average molecular weight is 390 g/mol. The van der Waals surface area contributed by atoms with Crippen LogP contribution in [0.15, 0.2) is 24.3 Å². The second kappa shape index (κ2) is 10.7. The zero-order valence-electron chi connectivity index (χ0n) is 16.9. The van der Waals surface area contributed by atoms with Gasteiger partial charge in [-0.2, -0.15) is 0 Å². The molecular weight excluding hydrogens is 360 g/mol. The molecule has 154 valence electrons. The number of hydrogen-bond donors (Lipinski definition) is 1. The van der Waals surface area contributed by atoms with E-state index < -0.39 is 12.0 Å². The summed E-state index contributed by atoms with van der Waals surface area (Å²) in [7, 11) is 0. The summed E-state index contributed by atoms with van der Waals surface area (Å²) in [6.45, 7) is 6.84. The summed E-state index contributed by atoms with van der Waals surface area (Å²) in [5.41, 5.74) is 0.382. The summed E-state index contributed by atoms with van der Waals surface area (Å²) in [4.78, 5) is 39.1. The van der Waals surface area contributed by atoms with Crippen molar-refractivity contribution in [2.75, 3.05) is 19.7 Å². The lowest BCUT2D eigenvalue weighted by atomic mass is 10.1. The Hall–Kier alpha value is -2.57. The lowest BCUT2D eigenvalue weighted by Crippen LogP contribution is -2.57. The minimum Gasteiger partial charge on any atom is -0.490 e. The maximum atomic E-state index is 13.2. The van der Waals surface area contributed by atoms with Crippen LogP contribution in [-0.4, -0.2) is 54.5 Å². The summed E-state index contributed by atoms with van der Waals surface area (Å²) < 4.78 is 11.0. The predicted octanol–water partition coefficient (Wildman–Crippen LogP) is 2.54. The van der Waals surface area contributed by atoms with Gasteiger partial charge in [0.15, 0.2) is 0 Å². The lowest BCUT2D eigenvalue weighted by molar-refractivity contribution is -0.147. The Morgan fingerprint density at radius 1 is 1.25 bits per heavy atom. The van der Waals surface area contributed by atoms with Crippen molar-refractivity contribution in [1.82, 2.24) is 10.2 Å². The third-order valence-corrected chi connectivity index (χ3v) is 4.44. The third kappa shape index (κ3) is 5.97. The van der Waals surface area contributed by atoms with Crippen molar-refractivity contribution in [3.63, 3.8) is 0 Å². The number of esters is 1. The molecule has 1 aliphatic rings. The minimum atomic E-state index is -0.882. The summed E-state index contributed by atoms with van der Waals surface area (Å²) in [5, 5.41) is 2.73. The molecule has 1 aliphatic heterocycles. The first-order chi connectivity index (χ1) is 13.4. The number of amides is 2. The summed E-state index contributed by atoms with van der Waals surface area (Å²) in [6, 6.07) is 6.07. The van der Waals surface area contributed by atoms with Crippen molar-refractivity contribution < 1.29 is 23.9 Å². The van der Waals surface area contributed by atoms with Gasteiger partial charge in [0.2, 0.25) is 5.91 Å². The fraction of sp³-hybridized carbons (Fsp3) is 0.571. The molecule has 1 heterocycles. The van der Waals surface area contributed by atoms with Gasteiger partial charge in [0.05, 0.1) is 24.7 Å². The van der Waals surface area contributed by atoms with Gasteiger partial charge in [0.25, 0.3) is 5.91 Å². The smallest absolute Gasteiger partial charge is 0.308 e. The van der Waals surface area contributed by atoms with Crippen LogP contribution < -0.4 is 10.1 Å². The van der Waals surface area contributed by atoms with Gasteiger partial charge in [-0.1, -0.05) is 31.9 Å². The molecule has 0 radical (unpaired) electrons. The van der Waals surface area contributed by atoms with Crippen molar-refractivity contribution in [2.45, 2.75) is 58.6 Å². The van der Waals surface area contributed by atoms with Crippen LogP contribution in [0.25, 0.3) is 0 Å². The van der Waals surface area contributed by atoms with Crippen LogP contribution in [0.5, 0.6) is 5.75 Å². The number of ether oxygens (including phenoxy) is 2. The molecule has 0 bridgehead atoms. The highest BCUT2D eigenvalue weighted by molar-refractivity contribution is 6.01. The number of rotatable bonds is 9. The summed E-state index contributed by atoms with van der Waals surface area (Å²) >= 11 is 0. The Bertz CT molecular complexity index is 689. The Morgan fingerprint density at radius 3 is 2.71 bits per heavy atom. The summed E-state index contributed by atoms with van der Waals surface area (Å²) in [6.07, 6.45) is 2.56. The molecule has 0 saturated carbocycles. The molecule has 2 rings (SSSR count). The van der Waals surface area contributed by atoms with E-state index in [1.807, 2.05) is 13.8 Å². The fourth-order valence-corrected chi connectivity index (χ4v) is 3.07. The minimum absolute atomic E-state index is 0.0903. The van der Waals surface area contributed by atoms with Gasteiger partial charge in [0.1, 0.15) is 11.8 Å². The molecule has 1 aromatic rings. The molecule has 1 atom stereocenters. The summed E-state index contributed by atoms with van der Waals surface area (Å²) in [5.74, 6) is -0.667. The van der Waals surface area contributed by atoms with Crippen molar-refractivity contribution in [1.29, 1.82) is 0 Å². The van der Waals surface area contributed by atoms with Crippen LogP contribution in [0.2, 0.25) is 0 Å². The highest BCUT2D eigenvalue weighted by Gasteiger charge is 2.36. The average Bonchev–Trinajstić information content (AvgIpc) is 2.66. The van der Waals surface area contributed by atoms with Crippen LogP contribution in [-0.2, 0) is 14.3 Å². The molecule has 7 nitrogen and oxygen atoms in total. The molecule has 1 N–H and O–H groups in total. The van der Waals surface area contributed by atoms with E-state index in [4.69, 9.17) is 9.47 Å². The molecule has 0 aromatic heterocycles. The normalized spacial score (nSPS) is 16.6. The number of carbonyl (C=O) groups excluding carboxylic acids is 3. The maximum Gasteiger partial charge on any atom is 0.308 e. The number of hydrogen-bond acceptors (Lipinski definition) is 5. The highest BCUT2D eigenvalue weighted by Crippen LogP contribution is 2.23. The first-order valence-corrected chi connectivity index (χ1v) is 9.94. The SMILES string of the molecule is CCCCCOC(=O)CC1C(=O)NCCN1C(=O)c1ccccc1OC(C)C. The van der Waals surface area contributed by atoms with Gasteiger partial charge in [-0.3, -0.25) is 14.4 Å². The Labute approximate surface area is 166 Å². The molecule has 1 fully saturated rings. The van der Waals surface area contributed by atoms with Gasteiger partial charge in [-0.15, -0.1) is 0 Å². The van der Waals surface area contributed by atoms with Gasteiger partial charge in [-0.05, 0) is 32.4 Å². The third-order valence-electron chi connectivity index (χ3n) is 4.44. The Morgan fingerprint density at radius 2 is 2.00 bits per heavy atom. The van der Waals surface area contributed by atoms with E-state index in [2.05, 4.69) is 12.2 Å². The van der Waals surface area contributed by atoms with Gasteiger partial charge in [-0.25, -0.2) is 0 Å². The van der Waals surface area contributed by atoms with E-state index in [9.17, 15) is 14.4 Å². The van der Waals surface area contributed by atoms with Crippen LogP contribution in [0.4, 0.5) is 0 Å². The number of benzene rings is 1. The first-order valence-electron chi connectivity index (χ1n) is 9.94. The lowest BCUT2D eigenvalue weighted by Gasteiger charge is -2.35. The van der Waals surface area contributed by atoms with Crippen LogP contribution in [0.1, 0.15) is 56.8 Å². The first kappa shape index (κ1) is 21.7. The van der Waals surface area contributed by atoms with Gasteiger partial charge >= 0.3 is 5.97 Å². The van der Waals surface area contributed by atoms with E-state index >= 15 is 0 Å². The van der Waals surface area contributed by atoms with Crippen LogP contribution in [0, 0.1) is 0 Å². The number of carbonyl (C=O) groups is 3. The number of nitrogens with one attached hydrogen (secondary N) is 1. The largest absolute Gasteiger partial charge is 0.490 e. The van der Waals surface area contributed by atoms with E-state index in [1.54, 1.807) is 24.3 Å². The van der Waals surface area contributed by atoms with Crippen LogP contribution >= 0.6 is 0 Å². The predicted molar refractivity (Wildman–Crippen MR) is 105 cm³/mol. The fourth-order valence-electron chi connectivity index (χ4n) is 3.07. The van der Waals surface area contributed by atoms with E-state index in [0.717, 1.165) is 19.3 Å².